The van der Waals surface area contributed by atoms with E-state index < -0.39 is 0 Å². The van der Waals surface area contributed by atoms with Gasteiger partial charge in [-0.2, -0.15) is 0 Å². The molecule has 7 nitrogen and oxygen atoms in total. The Balaban J connectivity index is 1.42. The monoisotopic (exact) mass is 355 g/mol. The fraction of sp³-hybridized carbons (Fsp3) is 0.421. The van der Waals surface area contributed by atoms with Crippen molar-refractivity contribution in [1.82, 2.24) is 20.2 Å². The third-order valence-electron chi connectivity index (χ3n) is 4.25. The van der Waals surface area contributed by atoms with E-state index in [4.69, 9.17) is 4.74 Å². The number of anilines is 1. The summed E-state index contributed by atoms with van der Waals surface area (Å²) in [6.07, 6.45) is 2.48. The fourth-order valence-corrected chi connectivity index (χ4v) is 2.78. The highest BCUT2D eigenvalue weighted by Crippen LogP contribution is 2.03. The van der Waals surface area contributed by atoms with E-state index in [1.807, 2.05) is 18.2 Å². The first-order chi connectivity index (χ1) is 12.8. The SMILES string of the molecule is O=C(NCCN1CCOCC1)c1ccnc(NCCc2ccccc2)n1. The van der Waals surface area contributed by atoms with Gasteiger partial charge in [-0.05, 0) is 18.1 Å². The quantitative estimate of drug-likeness (QED) is 0.741. The largest absolute Gasteiger partial charge is 0.379 e. The summed E-state index contributed by atoms with van der Waals surface area (Å²) in [5.74, 6) is 0.300. The second-order valence-electron chi connectivity index (χ2n) is 6.14. The van der Waals surface area contributed by atoms with E-state index in [0.717, 1.165) is 39.3 Å². The molecule has 2 heterocycles. The first kappa shape index (κ1) is 18.3. The lowest BCUT2D eigenvalue weighted by Gasteiger charge is -2.26. The van der Waals surface area contributed by atoms with Gasteiger partial charge in [0.15, 0.2) is 0 Å². The van der Waals surface area contributed by atoms with Crippen LogP contribution in [0.25, 0.3) is 0 Å². The minimum absolute atomic E-state index is 0.174. The molecule has 0 unspecified atom stereocenters. The highest BCUT2D eigenvalue weighted by molar-refractivity contribution is 5.92. The summed E-state index contributed by atoms with van der Waals surface area (Å²) in [6, 6.07) is 11.8. The Kier molecular flexibility index (Phi) is 6.92. The van der Waals surface area contributed by atoms with Crippen LogP contribution in [-0.2, 0) is 11.2 Å². The smallest absolute Gasteiger partial charge is 0.270 e. The van der Waals surface area contributed by atoms with E-state index >= 15 is 0 Å². The number of nitrogens with zero attached hydrogens (tertiary/aromatic N) is 3. The van der Waals surface area contributed by atoms with Gasteiger partial charge in [-0.15, -0.1) is 0 Å². The number of aromatic nitrogens is 2. The number of nitrogens with one attached hydrogen (secondary N) is 2. The average molecular weight is 355 g/mol. The van der Waals surface area contributed by atoms with E-state index in [1.54, 1.807) is 12.3 Å². The molecule has 1 aromatic heterocycles. The molecule has 138 valence electrons. The van der Waals surface area contributed by atoms with Gasteiger partial charge in [0, 0.05) is 38.9 Å². The number of amides is 1. The minimum atomic E-state index is -0.174. The van der Waals surface area contributed by atoms with Crippen molar-refractivity contribution >= 4 is 11.9 Å². The zero-order valence-electron chi connectivity index (χ0n) is 14.9. The number of hydrogen-bond acceptors (Lipinski definition) is 6. The van der Waals surface area contributed by atoms with E-state index in [2.05, 4.69) is 37.6 Å². The van der Waals surface area contributed by atoms with Crippen molar-refractivity contribution in [3.8, 4) is 0 Å². The normalized spacial score (nSPS) is 14.8. The lowest BCUT2D eigenvalue weighted by Crippen LogP contribution is -2.41. The van der Waals surface area contributed by atoms with Gasteiger partial charge in [0.25, 0.3) is 5.91 Å². The van der Waals surface area contributed by atoms with Crippen molar-refractivity contribution in [3.05, 3.63) is 53.9 Å². The Bertz CT molecular complexity index is 689. The Morgan fingerprint density at radius 3 is 2.73 bits per heavy atom. The van der Waals surface area contributed by atoms with Crippen LogP contribution in [0.5, 0.6) is 0 Å². The Hall–Kier alpha value is -2.51. The molecule has 7 heteroatoms. The van der Waals surface area contributed by atoms with E-state index in [-0.39, 0.29) is 5.91 Å². The molecule has 1 amide bonds. The molecule has 0 atom stereocenters. The van der Waals surface area contributed by atoms with Crippen molar-refractivity contribution in [2.45, 2.75) is 6.42 Å². The second kappa shape index (κ2) is 9.84. The highest BCUT2D eigenvalue weighted by Gasteiger charge is 2.12. The predicted octanol–water partition coefficient (Wildman–Crippen LogP) is 1.19. The average Bonchev–Trinajstić information content (AvgIpc) is 2.70. The zero-order chi connectivity index (χ0) is 18.0. The van der Waals surface area contributed by atoms with Crippen LogP contribution in [0.15, 0.2) is 42.6 Å². The molecule has 0 spiro atoms. The summed E-state index contributed by atoms with van der Waals surface area (Å²) in [7, 11) is 0. The molecule has 0 aliphatic carbocycles. The van der Waals surface area contributed by atoms with Gasteiger partial charge in [0.1, 0.15) is 5.69 Å². The van der Waals surface area contributed by atoms with Crippen molar-refractivity contribution in [2.24, 2.45) is 0 Å². The third-order valence-corrected chi connectivity index (χ3v) is 4.25. The topological polar surface area (TPSA) is 79.4 Å². The van der Waals surface area contributed by atoms with Gasteiger partial charge in [0.05, 0.1) is 13.2 Å². The molecule has 1 aliphatic heterocycles. The fourth-order valence-electron chi connectivity index (χ4n) is 2.78. The standard InChI is InChI=1S/C19H25N5O2/c25-18(20-10-11-24-12-14-26-15-13-24)17-7-9-22-19(23-17)21-8-6-16-4-2-1-3-5-16/h1-5,7,9H,6,8,10-15H2,(H,20,25)(H,21,22,23). The summed E-state index contributed by atoms with van der Waals surface area (Å²) >= 11 is 0. The van der Waals surface area contributed by atoms with Crippen LogP contribution < -0.4 is 10.6 Å². The second-order valence-corrected chi connectivity index (χ2v) is 6.14. The molecule has 1 fully saturated rings. The number of morpholine rings is 1. The Morgan fingerprint density at radius 2 is 1.92 bits per heavy atom. The van der Waals surface area contributed by atoms with Gasteiger partial charge < -0.3 is 15.4 Å². The van der Waals surface area contributed by atoms with E-state index in [1.165, 1.54) is 5.56 Å². The number of hydrogen-bond donors (Lipinski definition) is 2. The molecule has 2 N–H and O–H groups in total. The van der Waals surface area contributed by atoms with Crippen molar-refractivity contribution < 1.29 is 9.53 Å². The van der Waals surface area contributed by atoms with Gasteiger partial charge in [-0.25, -0.2) is 9.97 Å². The first-order valence-corrected chi connectivity index (χ1v) is 9.00. The number of ether oxygens (including phenoxy) is 1. The van der Waals surface area contributed by atoms with Crippen molar-refractivity contribution in [1.29, 1.82) is 0 Å². The van der Waals surface area contributed by atoms with Gasteiger partial charge in [-0.1, -0.05) is 30.3 Å². The molecule has 1 saturated heterocycles. The van der Waals surface area contributed by atoms with Crippen LogP contribution >= 0.6 is 0 Å². The summed E-state index contributed by atoms with van der Waals surface area (Å²) in [5.41, 5.74) is 1.63. The summed E-state index contributed by atoms with van der Waals surface area (Å²) in [4.78, 5) is 23.0. The zero-order valence-corrected chi connectivity index (χ0v) is 14.9. The maximum absolute atomic E-state index is 12.3. The molecule has 2 aromatic rings. The number of carbonyl (C=O) groups excluding carboxylic acids is 1. The highest BCUT2D eigenvalue weighted by atomic mass is 16.5. The van der Waals surface area contributed by atoms with Crippen LogP contribution in [0.4, 0.5) is 5.95 Å². The number of benzene rings is 1. The molecule has 26 heavy (non-hydrogen) atoms. The Labute approximate surface area is 153 Å². The van der Waals surface area contributed by atoms with E-state index in [0.29, 0.717) is 24.7 Å². The summed E-state index contributed by atoms with van der Waals surface area (Å²) in [5, 5.41) is 6.09. The van der Waals surface area contributed by atoms with Crippen molar-refractivity contribution in [3.63, 3.8) is 0 Å². The molecular weight excluding hydrogens is 330 g/mol. The van der Waals surface area contributed by atoms with Gasteiger partial charge in [0.2, 0.25) is 5.95 Å². The van der Waals surface area contributed by atoms with E-state index in [9.17, 15) is 4.79 Å². The maximum Gasteiger partial charge on any atom is 0.270 e. The molecule has 1 aromatic carbocycles. The van der Waals surface area contributed by atoms with Crippen LogP contribution in [0.2, 0.25) is 0 Å². The lowest BCUT2D eigenvalue weighted by atomic mass is 10.1. The van der Waals surface area contributed by atoms with Crippen LogP contribution in [-0.4, -0.2) is 66.7 Å². The van der Waals surface area contributed by atoms with Crippen molar-refractivity contribution in [2.75, 3.05) is 51.3 Å². The molecular formula is C19H25N5O2. The number of rotatable bonds is 8. The lowest BCUT2D eigenvalue weighted by molar-refractivity contribution is 0.0383. The van der Waals surface area contributed by atoms with Crippen LogP contribution in [0.3, 0.4) is 0 Å². The summed E-state index contributed by atoms with van der Waals surface area (Å²) < 4.78 is 5.32. The molecule has 0 radical (unpaired) electrons. The minimum Gasteiger partial charge on any atom is -0.379 e. The predicted molar refractivity (Wildman–Crippen MR) is 100 cm³/mol. The Morgan fingerprint density at radius 1 is 1.12 bits per heavy atom. The van der Waals surface area contributed by atoms with Crippen LogP contribution in [0.1, 0.15) is 16.1 Å². The van der Waals surface area contributed by atoms with Gasteiger partial charge in [-0.3, -0.25) is 9.69 Å². The van der Waals surface area contributed by atoms with Gasteiger partial charge >= 0.3 is 0 Å². The maximum atomic E-state index is 12.3. The molecule has 1 aliphatic rings. The first-order valence-electron chi connectivity index (χ1n) is 9.00. The third kappa shape index (κ3) is 5.79. The molecule has 3 rings (SSSR count). The molecule has 0 bridgehead atoms. The van der Waals surface area contributed by atoms with Crippen LogP contribution in [0, 0.1) is 0 Å². The summed E-state index contributed by atoms with van der Waals surface area (Å²) in [6.45, 7) is 5.49. The number of carbonyl (C=O) groups is 1. The molecule has 0 saturated carbocycles.